The highest BCUT2D eigenvalue weighted by Crippen LogP contribution is 2.54. The molecule has 6 heteroatoms. The van der Waals surface area contributed by atoms with Crippen molar-refractivity contribution in [2.24, 2.45) is 17.8 Å². The number of hydrogen-bond donors (Lipinski definition) is 0. The summed E-state index contributed by atoms with van der Waals surface area (Å²) in [5.74, 6) is 2.50. The molecule has 0 aromatic carbocycles. The number of nitrogens with zero attached hydrogens (tertiary/aromatic N) is 1. The molecule has 4 nitrogen and oxygen atoms in total. The van der Waals surface area contributed by atoms with E-state index in [0.717, 1.165) is 29.7 Å². The number of thiazole rings is 1. The minimum absolute atomic E-state index is 0.0848. The summed E-state index contributed by atoms with van der Waals surface area (Å²) in [7, 11) is -3.02. The first-order valence-electron chi connectivity index (χ1n) is 7.27. The minimum atomic E-state index is -3.02. The number of hydrogen-bond acceptors (Lipinski definition) is 5. The van der Waals surface area contributed by atoms with Crippen molar-refractivity contribution >= 4 is 21.2 Å². The fraction of sp³-hybridized carbons (Fsp3) is 0.786. The molecule has 2 aliphatic rings. The van der Waals surface area contributed by atoms with Gasteiger partial charge in [0, 0.05) is 12.0 Å². The Morgan fingerprint density at radius 2 is 2.10 bits per heavy atom. The molecule has 1 aromatic rings. The monoisotopic (exact) mass is 315 g/mol. The number of rotatable bonds is 7. The standard InChI is InChI=1S/C14H21NO3S2/c1-2-18-6-14-15-13(7-19-14)9-20(16,17)8-10-3-11-5-12(11)4-10/h7,10-12H,2-6,8-9H2,1H3. The maximum absolute atomic E-state index is 12.2. The van der Waals surface area contributed by atoms with E-state index in [1.165, 1.54) is 17.8 Å². The van der Waals surface area contributed by atoms with Crippen LogP contribution in [0, 0.1) is 17.8 Å². The molecule has 0 saturated heterocycles. The Balaban J connectivity index is 1.54. The van der Waals surface area contributed by atoms with Gasteiger partial charge in [-0.1, -0.05) is 0 Å². The van der Waals surface area contributed by atoms with Crippen LogP contribution in [0.1, 0.15) is 36.9 Å². The van der Waals surface area contributed by atoms with Gasteiger partial charge in [-0.3, -0.25) is 0 Å². The average molecular weight is 315 g/mol. The summed E-state index contributed by atoms with van der Waals surface area (Å²) in [4.78, 5) is 4.35. The van der Waals surface area contributed by atoms with Gasteiger partial charge in [-0.05, 0) is 43.9 Å². The predicted molar refractivity (Wildman–Crippen MR) is 79.3 cm³/mol. The molecule has 3 rings (SSSR count). The Morgan fingerprint density at radius 3 is 2.80 bits per heavy atom. The van der Waals surface area contributed by atoms with Gasteiger partial charge in [-0.25, -0.2) is 13.4 Å². The van der Waals surface area contributed by atoms with Crippen molar-refractivity contribution in [1.82, 2.24) is 4.98 Å². The van der Waals surface area contributed by atoms with Gasteiger partial charge < -0.3 is 4.74 Å². The Hall–Kier alpha value is -0.460. The van der Waals surface area contributed by atoms with Crippen LogP contribution in [-0.2, 0) is 26.9 Å². The molecule has 1 heterocycles. The van der Waals surface area contributed by atoms with Crippen molar-refractivity contribution < 1.29 is 13.2 Å². The lowest BCUT2D eigenvalue weighted by atomic mass is 10.1. The van der Waals surface area contributed by atoms with E-state index >= 15 is 0 Å². The van der Waals surface area contributed by atoms with E-state index in [0.29, 0.717) is 30.6 Å². The summed E-state index contributed by atoms with van der Waals surface area (Å²) >= 11 is 1.48. The molecule has 2 fully saturated rings. The van der Waals surface area contributed by atoms with E-state index in [2.05, 4.69) is 4.98 Å². The summed E-state index contributed by atoms with van der Waals surface area (Å²) in [6.45, 7) is 3.07. The van der Waals surface area contributed by atoms with Gasteiger partial charge in [0.1, 0.15) is 5.01 Å². The van der Waals surface area contributed by atoms with Gasteiger partial charge in [0.05, 0.1) is 23.8 Å². The number of fused-ring (bicyclic) bond motifs is 1. The summed E-state index contributed by atoms with van der Waals surface area (Å²) in [6.07, 6.45) is 3.58. The zero-order valence-electron chi connectivity index (χ0n) is 11.7. The second-order valence-corrected chi connectivity index (χ2v) is 9.07. The van der Waals surface area contributed by atoms with Crippen LogP contribution in [0.25, 0.3) is 0 Å². The zero-order valence-corrected chi connectivity index (χ0v) is 13.4. The summed E-state index contributed by atoms with van der Waals surface area (Å²) in [5, 5.41) is 2.71. The molecule has 0 aliphatic heterocycles. The Labute approximate surface area is 124 Å². The second kappa shape index (κ2) is 5.73. The van der Waals surface area contributed by atoms with E-state index < -0.39 is 9.84 Å². The third kappa shape index (κ3) is 3.59. The van der Waals surface area contributed by atoms with Crippen molar-refractivity contribution in [1.29, 1.82) is 0 Å². The molecule has 0 bridgehead atoms. The number of ether oxygens (including phenoxy) is 1. The summed E-state index contributed by atoms with van der Waals surface area (Å²) < 4.78 is 29.8. The lowest BCUT2D eigenvalue weighted by molar-refractivity contribution is 0.134. The largest absolute Gasteiger partial charge is 0.375 e. The van der Waals surface area contributed by atoms with E-state index in [1.807, 2.05) is 12.3 Å². The minimum Gasteiger partial charge on any atom is -0.375 e. The van der Waals surface area contributed by atoms with E-state index in [-0.39, 0.29) is 5.75 Å². The quantitative estimate of drug-likeness (QED) is 0.776. The molecule has 0 radical (unpaired) electrons. The Morgan fingerprint density at radius 1 is 1.35 bits per heavy atom. The fourth-order valence-electron chi connectivity index (χ4n) is 3.29. The Bertz CT molecular complexity index is 557. The topological polar surface area (TPSA) is 56.3 Å². The van der Waals surface area contributed by atoms with Crippen LogP contribution in [0.15, 0.2) is 5.38 Å². The molecular formula is C14H21NO3S2. The fourth-order valence-corrected chi connectivity index (χ4v) is 5.83. The highest BCUT2D eigenvalue weighted by Gasteiger charge is 2.46. The van der Waals surface area contributed by atoms with Crippen molar-refractivity contribution in [2.75, 3.05) is 12.4 Å². The molecule has 20 heavy (non-hydrogen) atoms. The van der Waals surface area contributed by atoms with Crippen LogP contribution in [0.2, 0.25) is 0 Å². The highest BCUT2D eigenvalue weighted by molar-refractivity contribution is 7.90. The summed E-state index contributed by atoms with van der Waals surface area (Å²) in [6, 6.07) is 0. The van der Waals surface area contributed by atoms with Crippen LogP contribution in [0.5, 0.6) is 0 Å². The number of sulfone groups is 1. The average Bonchev–Trinajstić information content (AvgIpc) is 2.80. The molecule has 2 aliphatic carbocycles. The lowest BCUT2D eigenvalue weighted by Crippen LogP contribution is -2.17. The van der Waals surface area contributed by atoms with Crippen LogP contribution in [-0.4, -0.2) is 25.8 Å². The van der Waals surface area contributed by atoms with Gasteiger partial charge in [-0.2, -0.15) is 0 Å². The van der Waals surface area contributed by atoms with E-state index in [1.54, 1.807) is 0 Å². The predicted octanol–water partition coefficient (Wildman–Crippen LogP) is 2.64. The van der Waals surface area contributed by atoms with E-state index in [4.69, 9.17) is 4.74 Å². The molecule has 1 aromatic heterocycles. The van der Waals surface area contributed by atoms with Gasteiger partial charge >= 0.3 is 0 Å². The van der Waals surface area contributed by atoms with Crippen LogP contribution >= 0.6 is 11.3 Å². The maximum atomic E-state index is 12.2. The normalized spacial score (nSPS) is 28.6. The molecule has 112 valence electrons. The first-order chi connectivity index (χ1) is 9.55. The van der Waals surface area contributed by atoms with Gasteiger partial charge in [0.25, 0.3) is 0 Å². The van der Waals surface area contributed by atoms with Crippen LogP contribution in [0.4, 0.5) is 0 Å². The van der Waals surface area contributed by atoms with Crippen molar-refractivity contribution in [3.05, 3.63) is 16.1 Å². The first kappa shape index (κ1) is 14.5. The number of aromatic nitrogens is 1. The van der Waals surface area contributed by atoms with Crippen molar-refractivity contribution in [2.45, 2.75) is 38.5 Å². The smallest absolute Gasteiger partial charge is 0.156 e. The molecule has 2 atom stereocenters. The van der Waals surface area contributed by atoms with Gasteiger partial charge in [-0.15, -0.1) is 11.3 Å². The molecule has 0 spiro atoms. The third-order valence-electron chi connectivity index (χ3n) is 4.23. The molecule has 0 amide bonds. The van der Waals surface area contributed by atoms with Gasteiger partial charge in [0.15, 0.2) is 9.84 Å². The first-order valence-corrected chi connectivity index (χ1v) is 9.97. The maximum Gasteiger partial charge on any atom is 0.156 e. The zero-order chi connectivity index (χ0) is 14.2. The molecule has 0 N–H and O–H groups in total. The molecular weight excluding hydrogens is 294 g/mol. The third-order valence-corrected chi connectivity index (χ3v) is 6.81. The molecule has 2 saturated carbocycles. The van der Waals surface area contributed by atoms with Gasteiger partial charge in [0.2, 0.25) is 0 Å². The van der Waals surface area contributed by atoms with E-state index in [9.17, 15) is 8.42 Å². The van der Waals surface area contributed by atoms with Crippen LogP contribution < -0.4 is 0 Å². The van der Waals surface area contributed by atoms with Crippen molar-refractivity contribution in [3.8, 4) is 0 Å². The lowest BCUT2D eigenvalue weighted by Gasteiger charge is -2.11. The SMILES string of the molecule is CCOCc1nc(CS(=O)(=O)CC2CC3CC3C2)cs1. The second-order valence-electron chi connectivity index (χ2n) is 6.02. The summed E-state index contributed by atoms with van der Waals surface area (Å²) in [5.41, 5.74) is 0.674. The van der Waals surface area contributed by atoms with Crippen LogP contribution in [0.3, 0.4) is 0 Å². The molecule has 2 unspecified atom stereocenters. The Kier molecular flexibility index (Phi) is 4.15. The van der Waals surface area contributed by atoms with Crippen molar-refractivity contribution in [3.63, 3.8) is 0 Å². The highest BCUT2D eigenvalue weighted by atomic mass is 32.2.